The van der Waals surface area contributed by atoms with Gasteiger partial charge in [-0.1, -0.05) is 11.3 Å². The maximum atomic E-state index is 13.0. The molecule has 0 aliphatic carbocycles. The Bertz CT molecular complexity index is 1130. The normalized spacial score (nSPS) is 25.9. The molecule has 2 aromatic rings. The quantitative estimate of drug-likeness (QED) is 0.536. The highest BCUT2D eigenvalue weighted by Gasteiger charge is 2.46. The van der Waals surface area contributed by atoms with Gasteiger partial charge in [0, 0.05) is 13.1 Å². The van der Waals surface area contributed by atoms with Gasteiger partial charge in [-0.25, -0.2) is 9.78 Å². The van der Waals surface area contributed by atoms with E-state index in [0.29, 0.717) is 38.9 Å². The van der Waals surface area contributed by atoms with Crippen LogP contribution in [0.15, 0.2) is 3.92 Å². The van der Waals surface area contributed by atoms with Gasteiger partial charge in [0.1, 0.15) is 17.7 Å². The van der Waals surface area contributed by atoms with Crippen molar-refractivity contribution in [1.29, 1.82) is 0 Å². The molecule has 6 heterocycles. The fourth-order valence-corrected chi connectivity index (χ4v) is 7.45. The predicted molar refractivity (Wildman–Crippen MR) is 140 cm³/mol. The number of fused-ring (bicyclic) bond motifs is 4. The van der Waals surface area contributed by atoms with E-state index in [1.54, 1.807) is 0 Å². The molecule has 2 aromatic heterocycles. The van der Waals surface area contributed by atoms with Crippen molar-refractivity contribution in [2.75, 3.05) is 50.9 Å². The van der Waals surface area contributed by atoms with Crippen molar-refractivity contribution in [3.8, 4) is 6.01 Å². The molecule has 2 unspecified atom stereocenters. The molecule has 12 heteroatoms. The van der Waals surface area contributed by atoms with Crippen molar-refractivity contribution in [2.24, 2.45) is 0 Å². The summed E-state index contributed by atoms with van der Waals surface area (Å²) in [6.45, 7) is 10.7. The molecular formula is C24H33BrN6O4S. The highest BCUT2D eigenvalue weighted by molar-refractivity contribution is 9.11. The third-order valence-corrected chi connectivity index (χ3v) is 9.05. The van der Waals surface area contributed by atoms with Crippen LogP contribution in [0.25, 0.3) is 10.3 Å². The van der Waals surface area contributed by atoms with E-state index < -0.39 is 5.60 Å². The number of piperazine rings is 1. The molecular weight excluding hydrogens is 548 g/mol. The first-order valence-corrected chi connectivity index (χ1v) is 14.4. The van der Waals surface area contributed by atoms with Crippen molar-refractivity contribution in [2.45, 2.75) is 69.7 Å². The van der Waals surface area contributed by atoms with Crippen molar-refractivity contribution >= 4 is 49.5 Å². The smallest absolute Gasteiger partial charge is 0.411 e. The van der Waals surface area contributed by atoms with Crippen LogP contribution >= 0.6 is 27.3 Å². The lowest BCUT2D eigenvalue weighted by molar-refractivity contribution is -0.0665. The molecule has 36 heavy (non-hydrogen) atoms. The molecule has 4 fully saturated rings. The Morgan fingerprint density at radius 3 is 2.50 bits per heavy atom. The Morgan fingerprint density at radius 2 is 1.83 bits per heavy atom. The number of morpholine rings is 1. The average Bonchev–Trinajstić information content (AvgIpc) is 3.48. The number of carbonyl (C=O) groups excluding carboxylic acids is 1. The van der Waals surface area contributed by atoms with Gasteiger partial charge in [-0.15, -0.1) is 0 Å². The van der Waals surface area contributed by atoms with E-state index in [1.165, 1.54) is 37.0 Å². The summed E-state index contributed by atoms with van der Waals surface area (Å²) in [5.74, 6) is 0.755. The summed E-state index contributed by atoms with van der Waals surface area (Å²) in [4.78, 5) is 34.7. The van der Waals surface area contributed by atoms with Gasteiger partial charge >= 0.3 is 12.1 Å². The SMILES string of the molecule is CC(C)(C)OC(=O)N1C2COCC1CN(c1nc(OCC34CCCN3CCC4)nc3sc(Br)nc13)C2. The monoisotopic (exact) mass is 580 g/mol. The minimum Gasteiger partial charge on any atom is -0.461 e. The number of aromatic nitrogens is 3. The third kappa shape index (κ3) is 4.54. The van der Waals surface area contributed by atoms with E-state index in [1.807, 2.05) is 25.7 Å². The molecule has 2 atom stereocenters. The Hall–Kier alpha value is -1.76. The molecule has 0 saturated carbocycles. The summed E-state index contributed by atoms with van der Waals surface area (Å²) < 4.78 is 18.6. The lowest BCUT2D eigenvalue weighted by Crippen LogP contribution is -2.66. The van der Waals surface area contributed by atoms with Crippen LogP contribution in [0.5, 0.6) is 6.01 Å². The van der Waals surface area contributed by atoms with Gasteiger partial charge < -0.3 is 19.1 Å². The highest BCUT2D eigenvalue weighted by atomic mass is 79.9. The Labute approximate surface area is 223 Å². The lowest BCUT2D eigenvalue weighted by atomic mass is 9.95. The summed E-state index contributed by atoms with van der Waals surface area (Å²) in [7, 11) is 0. The first-order valence-electron chi connectivity index (χ1n) is 12.8. The zero-order valence-corrected chi connectivity index (χ0v) is 23.4. The van der Waals surface area contributed by atoms with E-state index in [4.69, 9.17) is 24.2 Å². The number of anilines is 1. The minimum atomic E-state index is -0.547. The number of thiazole rings is 1. The predicted octanol–water partition coefficient (Wildman–Crippen LogP) is 3.68. The maximum absolute atomic E-state index is 13.0. The van der Waals surface area contributed by atoms with E-state index >= 15 is 0 Å². The van der Waals surface area contributed by atoms with Crippen LogP contribution in [-0.4, -0.2) is 100 Å². The zero-order valence-electron chi connectivity index (χ0n) is 21.0. The van der Waals surface area contributed by atoms with Gasteiger partial charge in [0.2, 0.25) is 0 Å². The van der Waals surface area contributed by atoms with Gasteiger partial charge in [-0.05, 0) is 75.5 Å². The first-order chi connectivity index (χ1) is 17.2. The average molecular weight is 582 g/mol. The van der Waals surface area contributed by atoms with E-state index in [9.17, 15) is 4.79 Å². The van der Waals surface area contributed by atoms with E-state index in [2.05, 4.69) is 30.7 Å². The second kappa shape index (κ2) is 9.21. The van der Waals surface area contributed by atoms with Crippen LogP contribution in [0.2, 0.25) is 0 Å². The number of carbonyl (C=O) groups is 1. The Morgan fingerprint density at radius 1 is 1.14 bits per heavy atom. The summed E-state index contributed by atoms with van der Waals surface area (Å²) in [6.07, 6.45) is 4.51. The van der Waals surface area contributed by atoms with Crippen LogP contribution in [0, 0.1) is 0 Å². The molecule has 4 aliphatic rings. The number of rotatable bonds is 4. The molecule has 0 aromatic carbocycles. The number of amides is 1. The van der Waals surface area contributed by atoms with Crippen molar-refractivity contribution < 1.29 is 19.0 Å². The number of hydrogen-bond acceptors (Lipinski definition) is 10. The minimum absolute atomic E-state index is 0.125. The molecule has 4 aliphatic heterocycles. The zero-order chi connectivity index (χ0) is 25.1. The lowest BCUT2D eigenvalue weighted by Gasteiger charge is -2.49. The summed E-state index contributed by atoms with van der Waals surface area (Å²) in [5.41, 5.74) is 0.334. The third-order valence-electron chi connectivity index (χ3n) is 7.65. The van der Waals surface area contributed by atoms with Crippen LogP contribution in [0.3, 0.4) is 0 Å². The molecule has 0 radical (unpaired) electrons. The Kier molecular flexibility index (Phi) is 6.29. The summed E-state index contributed by atoms with van der Waals surface area (Å²) in [5, 5.41) is 0. The maximum Gasteiger partial charge on any atom is 0.411 e. The van der Waals surface area contributed by atoms with Crippen LogP contribution in [0.1, 0.15) is 46.5 Å². The largest absolute Gasteiger partial charge is 0.461 e. The molecule has 0 N–H and O–H groups in total. The number of halogens is 1. The second-order valence-corrected chi connectivity index (χ2v) is 13.5. The first kappa shape index (κ1) is 24.6. The number of ether oxygens (including phenoxy) is 3. The molecule has 4 saturated heterocycles. The standard InChI is InChI=1S/C24H33BrN6O4S/c1-23(2,3)35-22(32)31-15-10-29(11-16(31)13-33-12-15)18-17-19(36-20(25)26-17)28-21(27-18)34-14-24-6-4-8-30(24)9-5-7-24/h15-16H,4-14H2,1-3H3. The van der Waals surface area contributed by atoms with Crippen molar-refractivity contribution in [3.63, 3.8) is 0 Å². The van der Waals surface area contributed by atoms with Crippen LogP contribution < -0.4 is 9.64 Å². The molecule has 6 rings (SSSR count). The van der Waals surface area contributed by atoms with Gasteiger partial charge in [0.05, 0.1) is 30.8 Å². The molecule has 0 spiro atoms. The van der Waals surface area contributed by atoms with Crippen LogP contribution in [0.4, 0.5) is 10.6 Å². The molecule has 2 bridgehead atoms. The molecule has 1 amide bonds. The number of hydrogen-bond donors (Lipinski definition) is 0. The summed E-state index contributed by atoms with van der Waals surface area (Å²) in [6, 6.07) is 0.138. The topological polar surface area (TPSA) is 93.1 Å². The highest BCUT2D eigenvalue weighted by Crippen LogP contribution is 2.40. The van der Waals surface area contributed by atoms with Gasteiger partial charge in [-0.3, -0.25) is 9.80 Å². The van der Waals surface area contributed by atoms with Crippen molar-refractivity contribution in [3.05, 3.63) is 3.92 Å². The van der Waals surface area contributed by atoms with E-state index in [0.717, 1.165) is 33.2 Å². The second-order valence-electron chi connectivity index (χ2n) is 11.3. The van der Waals surface area contributed by atoms with Gasteiger partial charge in [-0.2, -0.15) is 9.97 Å². The van der Waals surface area contributed by atoms with Crippen molar-refractivity contribution in [1.82, 2.24) is 24.8 Å². The van der Waals surface area contributed by atoms with E-state index in [-0.39, 0.29) is 23.7 Å². The fourth-order valence-electron chi connectivity index (χ4n) is 6.16. The van der Waals surface area contributed by atoms with Gasteiger partial charge in [0.25, 0.3) is 0 Å². The number of nitrogens with zero attached hydrogens (tertiary/aromatic N) is 6. The van der Waals surface area contributed by atoms with Crippen LogP contribution in [-0.2, 0) is 9.47 Å². The van der Waals surface area contributed by atoms with Gasteiger partial charge in [0.15, 0.2) is 14.6 Å². The summed E-state index contributed by atoms with van der Waals surface area (Å²) >= 11 is 5.01. The Balaban J connectivity index is 1.26. The molecule has 196 valence electrons. The molecule has 10 nitrogen and oxygen atoms in total. The fraction of sp³-hybridized carbons (Fsp3) is 0.750.